The smallest absolute Gasteiger partial charge is 0.329 e. The van der Waals surface area contributed by atoms with E-state index in [0.717, 1.165) is 30.6 Å². The molecule has 1 amide bonds. The van der Waals surface area contributed by atoms with Crippen LogP contribution in [0, 0.1) is 0 Å². The van der Waals surface area contributed by atoms with Crippen molar-refractivity contribution < 1.29 is 19.1 Å². The Balaban J connectivity index is 1.82. The van der Waals surface area contributed by atoms with Gasteiger partial charge in [-0.25, -0.2) is 4.79 Å². The van der Waals surface area contributed by atoms with Gasteiger partial charge in [0.1, 0.15) is 22.9 Å². The number of thioether (sulfide) groups is 1. The summed E-state index contributed by atoms with van der Waals surface area (Å²) in [6.45, 7) is 4.21. The number of carbonyl (C=O) groups excluding carboxylic acids is 2. The number of carbonyl (C=O) groups is 2. The van der Waals surface area contributed by atoms with Crippen molar-refractivity contribution in [3.63, 3.8) is 0 Å². The van der Waals surface area contributed by atoms with E-state index in [2.05, 4.69) is 6.92 Å². The molecule has 1 heterocycles. The first-order valence-corrected chi connectivity index (χ1v) is 11.6. The van der Waals surface area contributed by atoms with Crippen LogP contribution in [-0.2, 0) is 14.3 Å². The molecule has 2 atom stereocenters. The van der Waals surface area contributed by atoms with Gasteiger partial charge in [0, 0.05) is 12.2 Å². The Hall–Kier alpha value is -2.47. The molecule has 1 aliphatic rings. The lowest BCUT2D eigenvalue weighted by atomic mass is 10.1. The highest BCUT2D eigenvalue weighted by atomic mass is 32.2. The molecule has 1 fully saturated rings. The molecule has 2 unspecified atom stereocenters. The van der Waals surface area contributed by atoms with Crippen LogP contribution >= 0.6 is 11.8 Å². The van der Waals surface area contributed by atoms with Crippen LogP contribution in [0.1, 0.15) is 50.5 Å². The molecule has 30 heavy (non-hydrogen) atoms. The van der Waals surface area contributed by atoms with Crippen molar-refractivity contribution in [3.05, 3.63) is 60.2 Å². The largest absolute Gasteiger partial charge is 0.464 e. The van der Waals surface area contributed by atoms with E-state index in [1.165, 1.54) is 0 Å². The van der Waals surface area contributed by atoms with E-state index in [4.69, 9.17) is 9.47 Å². The number of esters is 1. The number of amides is 1. The van der Waals surface area contributed by atoms with Crippen LogP contribution in [0.15, 0.2) is 54.6 Å². The van der Waals surface area contributed by atoms with Gasteiger partial charge in [-0.05, 0) is 43.2 Å². The number of benzene rings is 2. The predicted molar refractivity (Wildman–Crippen MR) is 120 cm³/mol. The Morgan fingerprint density at radius 1 is 1.03 bits per heavy atom. The second-order valence-corrected chi connectivity index (χ2v) is 8.31. The zero-order chi connectivity index (χ0) is 21.3. The fourth-order valence-electron chi connectivity index (χ4n) is 3.50. The third-order valence-electron chi connectivity index (χ3n) is 4.96. The van der Waals surface area contributed by atoms with E-state index >= 15 is 0 Å². The summed E-state index contributed by atoms with van der Waals surface area (Å²) in [6, 6.07) is 16.8. The fraction of sp³-hybridized carbons (Fsp3) is 0.417. The van der Waals surface area contributed by atoms with Crippen LogP contribution in [0.2, 0.25) is 0 Å². The Labute approximate surface area is 182 Å². The summed E-state index contributed by atoms with van der Waals surface area (Å²) in [5.41, 5.74) is 0.948. The number of ether oxygens (including phenoxy) is 2. The first-order chi connectivity index (χ1) is 14.6. The molecule has 3 rings (SSSR count). The van der Waals surface area contributed by atoms with E-state index in [0.29, 0.717) is 24.5 Å². The summed E-state index contributed by atoms with van der Waals surface area (Å²) in [6.07, 6.45) is 3.32. The van der Waals surface area contributed by atoms with Gasteiger partial charge >= 0.3 is 5.97 Å². The van der Waals surface area contributed by atoms with Crippen molar-refractivity contribution in [2.24, 2.45) is 0 Å². The summed E-state index contributed by atoms with van der Waals surface area (Å²) in [4.78, 5) is 27.3. The minimum absolute atomic E-state index is 0.00545. The molecule has 1 saturated heterocycles. The number of unbranched alkanes of at least 4 members (excludes halogenated alkanes) is 2. The molecule has 2 aromatic carbocycles. The highest BCUT2D eigenvalue weighted by Crippen LogP contribution is 2.43. The second-order valence-electron chi connectivity index (χ2n) is 7.20. The highest BCUT2D eigenvalue weighted by Gasteiger charge is 2.42. The van der Waals surface area contributed by atoms with Crippen molar-refractivity contribution in [2.75, 3.05) is 12.4 Å². The van der Waals surface area contributed by atoms with Crippen LogP contribution in [0.25, 0.3) is 0 Å². The van der Waals surface area contributed by atoms with Crippen LogP contribution in [0.3, 0.4) is 0 Å². The second kappa shape index (κ2) is 11.1. The van der Waals surface area contributed by atoms with Gasteiger partial charge in [0.15, 0.2) is 0 Å². The minimum atomic E-state index is -0.548. The number of nitrogens with zero attached hydrogens (tertiary/aromatic N) is 1. The molecule has 0 saturated carbocycles. The predicted octanol–water partition coefficient (Wildman–Crippen LogP) is 5.56. The van der Waals surface area contributed by atoms with Crippen LogP contribution in [-0.4, -0.2) is 35.2 Å². The summed E-state index contributed by atoms with van der Waals surface area (Å²) in [5.74, 6) is 1.68. The Bertz CT molecular complexity index is 842. The van der Waals surface area contributed by atoms with Gasteiger partial charge in [-0.15, -0.1) is 11.8 Å². The van der Waals surface area contributed by atoms with E-state index in [-0.39, 0.29) is 17.3 Å². The number of hydrogen-bond acceptors (Lipinski definition) is 5. The Kier molecular flexibility index (Phi) is 8.20. The molecule has 2 aromatic rings. The first kappa shape index (κ1) is 22.2. The maximum atomic E-state index is 13.1. The van der Waals surface area contributed by atoms with Crippen molar-refractivity contribution in [1.82, 2.24) is 4.90 Å². The van der Waals surface area contributed by atoms with Crippen molar-refractivity contribution in [1.29, 1.82) is 0 Å². The molecule has 0 bridgehead atoms. The van der Waals surface area contributed by atoms with Crippen LogP contribution in [0.5, 0.6) is 11.5 Å². The van der Waals surface area contributed by atoms with Crippen molar-refractivity contribution in [3.8, 4) is 11.5 Å². The third-order valence-corrected chi connectivity index (χ3v) is 6.29. The van der Waals surface area contributed by atoms with Crippen LogP contribution < -0.4 is 4.74 Å². The minimum Gasteiger partial charge on any atom is -0.464 e. The molecule has 160 valence electrons. The lowest BCUT2D eigenvalue weighted by Crippen LogP contribution is -2.43. The molecular weight excluding hydrogens is 398 g/mol. The topological polar surface area (TPSA) is 55.8 Å². The fourth-order valence-corrected chi connectivity index (χ4v) is 4.92. The Morgan fingerprint density at radius 2 is 1.80 bits per heavy atom. The SMILES string of the molecule is CCCCCC(=O)N1C(C(=O)OCC)CSC1c1cccc(Oc2ccccc2)c1. The van der Waals surface area contributed by atoms with Crippen LogP contribution in [0.4, 0.5) is 0 Å². The Morgan fingerprint density at radius 3 is 2.53 bits per heavy atom. The number of hydrogen-bond donors (Lipinski definition) is 0. The van der Waals surface area contributed by atoms with Gasteiger partial charge in [-0.3, -0.25) is 4.79 Å². The first-order valence-electron chi connectivity index (χ1n) is 10.6. The van der Waals surface area contributed by atoms with Gasteiger partial charge in [0.25, 0.3) is 0 Å². The van der Waals surface area contributed by atoms with Gasteiger partial charge < -0.3 is 14.4 Å². The normalized spacial score (nSPS) is 18.3. The standard InChI is InChI=1S/C24H29NO4S/c1-3-5-7-15-22(26)25-21(24(27)28-4-2)17-30-23(25)18-11-10-14-20(16-18)29-19-12-8-6-9-13-19/h6,8-14,16,21,23H,3-5,7,15,17H2,1-2H3. The average molecular weight is 428 g/mol. The summed E-state index contributed by atoms with van der Waals surface area (Å²) < 4.78 is 11.2. The maximum absolute atomic E-state index is 13.1. The average Bonchev–Trinajstić information content (AvgIpc) is 3.20. The number of para-hydroxylation sites is 1. The summed E-state index contributed by atoms with van der Waals surface area (Å²) >= 11 is 1.60. The molecule has 0 N–H and O–H groups in total. The molecule has 0 aliphatic carbocycles. The van der Waals surface area contributed by atoms with Gasteiger partial charge in [0.05, 0.1) is 6.61 Å². The van der Waals surface area contributed by atoms with Crippen molar-refractivity contribution >= 4 is 23.6 Å². The monoisotopic (exact) mass is 427 g/mol. The summed E-state index contributed by atoms with van der Waals surface area (Å²) in [7, 11) is 0. The van der Waals surface area contributed by atoms with E-state index < -0.39 is 6.04 Å². The molecule has 0 aromatic heterocycles. The summed E-state index contributed by atoms with van der Waals surface area (Å²) in [5, 5.41) is -0.229. The van der Waals surface area contributed by atoms with Gasteiger partial charge in [-0.2, -0.15) is 0 Å². The molecule has 1 aliphatic heterocycles. The zero-order valence-corrected chi connectivity index (χ0v) is 18.4. The lowest BCUT2D eigenvalue weighted by molar-refractivity contribution is -0.153. The molecule has 6 heteroatoms. The maximum Gasteiger partial charge on any atom is 0.329 e. The molecular formula is C24H29NO4S. The van der Waals surface area contributed by atoms with E-state index in [9.17, 15) is 9.59 Å². The van der Waals surface area contributed by atoms with E-state index in [1.807, 2.05) is 54.6 Å². The van der Waals surface area contributed by atoms with E-state index in [1.54, 1.807) is 23.6 Å². The quantitative estimate of drug-likeness (QED) is 0.387. The molecule has 5 nitrogen and oxygen atoms in total. The lowest BCUT2D eigenvalue weighted by Gasteiger charge is -2.29. The van der Waals surface area contributed by atoms with Gasteiger partial charge in [-0.1, -0.05) is 50.1 Å². The zero-order valence-electron chi connectivity index (χ0n) is 17.6. The highest BCUT2D eigenvalue weighted by molar-refractivity contribution is 7.99. The van der Waals surface area contributed by atoms with Gasteiger partial charge in [0.2, 0.25) is 5.91 Å². The molecule has 0 spiro atoms. The van der Waals surface area contributed by atoms with Crippen molar-refractivity contribution in [2.45, 2.75) is 50.9 Å². The molecule has 0 radical (unpaired) electrons. The third kappa shape index (κ3) is 5.57. The number of rotatable bonds is 9.